The third kappa shape index (κ3) is 5.88. The highest BCUT2D eigenvalue weighted by molar-refractivity contribution is 6.10. The van der Waals surface area contributed by atoms with Crippen molar-refractivity contribution in [2.24, 2.45) is 0 Å². The number of nitrogens with zero attached hydrogens (tertiary/aromatic N) is 7. The zero-order valence-electron chi connectivity index (χ0n) is 28.7. The van der Waals surface area contributed by atoms with Crippen LogP contribution < -0.4 is 0 Å². The Balaban J connectivity index is 1.34. The van der Waals surface area contributed by atoms with Gasteiger partial charge in [-0.1, -0.05) is 84.9 Å². The molecule has 254 valence electrons. The van der Waals surface area contributed by atoms with Crippen LogP contribution in [0.3, 0.4) is 0 Å². The molecule has 7 nitrogen and oxygen atoms in total. The van der Waals surface area contributed by atoms with Gasteiger partial charge in [0.25, 0.3) is 0 Å². The van der Waals surface area contributed by atoms with Crippen LogP contribution in [0.25, 0.3) is 84.2 Å². The Labute approximate surface area is 303 Å². The largest absolute Gasteiger partial charge is 0.309 e. The molecule has 6 aromatic carbocycles. The maximum absolute atomic E-state index is 15.4. The van der Waals surface area contributed by atoms with Crippen molar-refractivity contribution in [2.75, 3.05) is 0 Å². The molecule has 9 aromatic rings. The van der Waals surface area contributed by atoms with Gasteiger partial charge < -0.3 is 4.57 Å². The van der Waals surface area contributed by atoms with E-state index in [0.29, 0.717) is 46.1 Å². The number of hydrogen-bond acceptors (Lipinski definition) is 6. The highest BCUT2D eigenvalue weighted by Crippen LogP contribution is 2.39. The third-order valence-electron chi connectivity index (χ3n) is 9.21. The number of benzene rings is 6. The summed E-state index contributed by atoms with van der Waals surface area (Å²) < 4.78 is 31.6. The van der Waals surface area contributed by atoms with Gasteiger partial charge in [0, 0.05) is 44.7 Å². The number of rotatable bonds is 6. The van der Waals surface area contributed by atoms with Crippen molar-refractivity contribution in [3.8, 4) is 62.4 Å². The lowest BCUT2D eigenvalue weighted by Crippen LogP contribution is -2.04. The molecule has 0 unspecified atom stereocenters. The van der Waals surface area contributed by atoms with Crippen LogP contribution in [-0.4, -0.2) is 34.5 Å². The fourth-order valence-corrected chi connectivity index (χ4v) is 6.85. The summed E-state index contributed by atoms with van der Waals surface area (Å²) in [5.74, 6) is 1.99. The van der Waals surface area contributed by atoms with Gasteiger partial charge in [-0.05, 0) is 67.9 Å². The lowest BCUT2D eigenvalue weighted by atomic mass is 10.00. The summed E-state index contributed by atoms with van der Waals surface area (Å²) in [6, 6.07) is 43.1. The van der Waals surface area contributed by atoms with Crippen LogP contribution in [0.2, 0.25) is 0 Å². The van der Waals surface area contributed by atoms with Crippen LogP contribution in [-0.2, 0) is 0 Å². The van der Waals surface area contributed by atoms with Gasteiger partial charge in [0.15, 0.2) is 23.3 Å². The van der Waals surface area contributed by atoms with E-state index in [4.69, 9.17) is 15.0 Å². The van der Waals surface area contributed by atoms with E-state index in [1.165, 1.54) is 12.1 Å². The van der Waals surface area contributed by atoms with Gasteiger partial charge in [0.2, 0.25) is 0 Å². The molecule has 0 fully saturated rings. The molecule has 9 heteroatoms. The number of para-hydroxylation sites is 1. The maximum Gasteiger partial charge on any atom is 0.166 e. The van der Waals surface area contributed by atoms with E-state index in [9.17, 15) is 4.39 Å². The molecular formula is C44H29F2N7. The zero-order valence-corrected chi connectivity index (χ0v) is 28.7. The van der Waals surface area contributed by atoms with Crippen LogP contribution in [0.5, 0.6) is 0 Å². The minimum Gasteiger partial charge on any atom is -0.309 e. The van der Waals surface area contributed by atoms with Gasteiger partial charge in [-0.25, -0.2) is 38.7 Å². The van der Waals surface area contributed by atoms with Crippen molar-refractivity contribution in [3.05, 3.63) is 163 Å². The number of halogens is 2. The topological polar surface area (TPSA) is 82.3 Å². The van der Waals surface area contributed by atoms with E-state index in [-0.39, 0.29) is 5.56 Å². The Morgan fingerprint density at radius 1 is 0.415 bits per heavy atom. The molecule has 0 saturated heterocycles. The second kappa shape index (κ2) is 13.0. The summed E-state index contributed by atoms with van der Waals surface area (Å²) in [7, 11) is 0. The first-order valence-corrected chi connectivity index (χ1v) is 17.1. The first-order chi connectivity index (χ1) is 25.9. The Morgan fingerprint density at radius 2 is 1.00 bits per heavy atom. The van der Waals surface area contributed by atoms with Crippen LogP contribution in [0.4, 0.5) is 8.78 Å². The summed E-state index contributed by atoms with van der Waals surface area (Å²) >= 11 is 0. The molecule has 0 aliphatic heterocycles. The molecule has 0 saturated carbocycles. The molecule has 0 aliphatic carbocycles. The number of hydrogen-bond donors (Lipinski definition) is 0. The Bertz CT molecular complexity index is 2760. The number of fused-ring (bicyclic) bond motifs is 3. The normalized spacial score (nSPS) is 11.4. The second-order valence-corrected chi connectivity index (χ2v) is 12.7. The van der Waals surface area contributed by atoms with Crippen molar-refractivity contribution in [1.29, 1.82) is 0 Å². The standard InChI is InChI=1S/C44H29F2N7/c1-26-47-27(2)49-43(48-26)31-18-22-39-35(24-31)34-15-9-10-16-38(34)53(39)40-21-17-30(33-20-19-32(45)25-37(33)46)23-36(40)44-51-41(28-11-5-3-6-12-28)50-42(52-44)29-13-7-4-8-14-29/h3-25H,1-2H3. The summed E-state index contributed by atoms with van der Waals surface area (Å²) in [5, 5.41) is 2.02. The fraction of sp³-hybridized carbons (Fsp3) is 0.0455. The van der Waals surface area contributed by atoms with E-state index in [0.717, 1.165) is 50.2 Å². The van der Waals surface area contributed by atoms with E-state index in [2.05, 4.69) is 43.8 Å². The van der Waals surface area contributed by atoms with Crippen LogP contribution in [0.1, 0.15) is 11.6 Å². The molecule has 0 radical (unpaired) electrons. The first-order valence-electron chi connectivity index (χ1n) is 17.1. The maximum atomic E-state index is 15.4. The molecule has 9 rings (SSSR count). The smallest absolute Gasteiger partial charge is 0.166 e. The lowest BCUT2D eigenvalue weighted by molar-refractivity contribution is 0.585. The summed E-state index contributed by atoms with van der Waals surface area (Å²) in [6.45, 7) is 3.72. The van der Waals surface area contributed by atoms with E-state index in [1.54, 1.807) is 0 Å². The van der Waals surface area contributed by atoms with Gasteiger partial charge in [-0.2, -0.15) is 0 Å². The molecule has 0 aliphatic rings. The van der Waals surface area contributed by atoms with Crippen LogP contribution in [0, 0.1) is 25.5 Å². The quantitative estimate of drug-likeness (QED) is 0.172. The van der Waals surface area contributed by atoms with E-state index >= 15 is 4.39 Å². The van der Waals surface area contributed by atoms with Gasteiger partial charge in [-0.15, -0.1) is 0 Å². The SMILES string of the molecule is Cc1nc(C)nc(-c2ccc3c(c2)c2ccccc2n3-c2ccc(-c3ccc(F)cc3F)cc2-c2nc(-c3ccccc3)nc(-c3ccccc3)n2)n1. The van der Waals surface area contributed by atoms with Gasteiger partial charge in [0.05, 0.1) is 16.7 Å². The Morgan fingerprint density at radius 3 is 1.68 bits per heavy atom. The molecular weight excluding hydrogens is 665 g/mol. The molecule has 3 heterocycles. The molecule has 0 bridgehead atoms. The predicted octanol–water partition coefficient (Wildman–Crippen LogP) is 10.4. The summed E-state index contributed by atoms with van der Waals surface area (Å²) in [6.07, 6.45) is 0. The highest BCUT2D eigenvalue weighted by atomic mass is 19.1. The molecule has 0 atom stereocenters. The molecule has 53 heavy (non-hydrogen) atoms. The highest BCUT2D eigenvalue weighted by Gasteiger charge is 2.21. The minimum absolute atomic E-state index is 0.259. The Hall–Kier alpha value is -7.00. The van der Waals surface area contributed by atoms with Crippen molar-refractivity contribution in [1.82, 2.24) is 34.5 Å². The minimum atomic E-state index is -0.664. The first kappa shape index (κ1) is 31.9. The van der Waals surface area contributed by atoms with Crippen molar-refractivity contribution in [2.45, 2.75) is 13.8 Å². The van der Waals surface area contributed by atoms with E-state index < -0.39 is 11.6 Å². The average Bonchev–Trinajstić information content (AvgIpc) is 3.51. The molecule has 0 spiro atoms. The fourth-order valence-electron chi connectivity index (χ4n) is 6.85. The monoisotopic (exact) mass is 693 g/mol. The van der Waals surface area contributed by atoms with Crippen LogP contribution in [0.15, 0.2) is 140 Å². The summed E-state index contributed by atoms with van der Waals surface area (Å²) in [5.41, 5.74) is 6.61. The second-order valence-electron chi connectivity index (χ2n) is 12.7. The lowest BCUT2D eigenvalue weighted by Gasteiger charge is -2.16. The van der Waals surface area contributed by atoms with Gasteiger partial charge in [-0.3, -0.25) is 0 Å². The zero-order chi connectivity index (χ0) is 36.1. The number of aromatic nitrogens is 7. The van der Waals surface area contributed by atoms with Crippen LogP contribution >= 0.6 is 0 Å². The molecule has 3 aromatic heterocycles. The predicted molar refractivity (Wildman–Crippen MR) is 204 cm³/mol. The van der Waals surface area contributed by atoms with Crippen molar-refractivity contribution < 1.29 is 8.78 Å². The molecule has 0 N–H and O–H groups in total. The summed E-state index contributed by atoms with van der Waals surface area (Å²) in [4.78, 5) is 28.6. The molecule has 0 amide bonds. The Kier molecular flexibility index (Phi) is 7.81. The third-order valence-corrected chi connectivity index (χ3v) is 9.21. The van der Waals surface area contributed by atoms with Crippen molar-refractivity contribution in [3.63, 3.8) is 0 Å². The van der Waals surface area contributed by atoms with E-state index in [1.807, 2.05) is 111 Å². The van der Waals surface area contributed by atoms with Gasteiger partial charge >= 0.3 is 0 Å². The van der Waals surface area contributed by atoms with Crippen molar-refractivity contribution >= 4 is 21.8 Å². The van der Waals surface area contributed by atoms with Gasteiger partial charge in [0.1, 0.15) is 23.3 Å². The number of aryl methyl sites for hydroxylation is 2. The average molecular weight is 694 g/mol.